The zero-order chi connectivity index (χ0) is 16.7. The summed E-state index contributed by atoms with van der Waals surface area (Å²) in [4.78, 5) is 25.6. The van der Waals surface area contributed by atoms with Crippen molar-refractivity contribution in [2.75, 3.05) is 19.6 Å². The second kappa shape index (κ2) is 8.67. The molecule has 1 aromatic carbocycles. The van der Waals surface area contributed by atoms with Crippen LogP contribution in [0.3, 0.4) is 0 Å². The molecule has 5 heteroatoms. The van der Waals surface area contributed by atoms with Crippen LogP contribution in [0.5, 0.6) is 0 Å². The van der Waals surface area contributed by atoms with E-state index in [0.717, 1.165) is 44.3 Å². The van der Waals surface area contributed by atoms with Crippen molar-refractivity contribution in [2.45, 2.75) is 38.6 Å². The van der Waals surface area contributed by atoms with Gasteiger partial charge < -0.3 is 11.1 Å². The summed E-state index contributed by atoms with van der Waals surface area (Å²) < 4.78 is 0. The third-order valence-electron chi connectivity index (χ3n) is 4.47. The quantitative estimate of drug-likeness (QED) is 0.806. The van der Waals surface area contributed by atoms with Crippen LogP contribution in [0.4, 0.5) is 0 Å². The maximum Gasteiger partial charge on any atom is 0.234 e. The Kier molecular flexibility index (Phi) is 6.59. The van der Waals surface area contributed by atoms with Crippen LogP contribution in [0, 0.1) is 5.92 Å². The van der Waals surface area contributed by atoms with E-state index < -0.39 is 0 Å². The Hall–Kier alpha value is -1.88. The molecule has 1 saturated heterocycles. The predicted octanol–water partition coefficient (Wildman–Crippen LogP) is 1.84. The van der Waals surface area contributed by atoms with Gasteiger partial charge in [-0.25, -0.2) is 0 Å². The first kappa shape index (κ1) is 17.5. The number of carbonyl (C=O) groups excluding carboxylic acids is 2. The van der Waals surface area contributed by atoms with E-state index >= 15 is 0 Å². The molecule has 0 spiro atoms. The molecule has 0 aromatic heterocycles. The van der Waals surface area contributed by atoms with Crippen LogP contribution in [0.2, 0.25) is 0 Å². The Labute approximate surface area is 138 Å². The molecule has 1 atom stereocenters. The number of hydrogen-bond donors (Lipinski definition) is 2. The number of carbonyl (C=O) groups is 2. The average molecular weight is 317 g/mol. The van der Waals surface area contributed by atoms with Crippen LogP contribution < -0.4 is 11.1 Å². The number of amides is 2. The molecule has 0 saturated carbocycles. The molecule has 0 radical (unpaired) electrons. The molecular formula is C18H27N3O2. The van der Waals surface area contributed by atoms with Gasteiger partial charge in [-0.3, -0.25) is 14.5 Å². The summed E-state index contributed by atoms with van der Waals surface area (Å²) in [5.74, 6) is -0.211. The highest BCUT2D eigenvalue weighted by Crippen LogP contribution is 2.19. The van der Waals surface area contributed by atoms with Gasteiger partial charge in [-0.15, -0.1) is 0 Å². The number of primary amides is 1. The van der Waals surface area contributed by atoms with Crippen molar-refractivity contribution in [1.82, 2.24) is 10.2 Å². The van der Waals surface area contributed by atoms with Crippen molar-refractivity contribution in [2.24, 2.45) is 11.7 Å². The molecule has 0 bridgehead atoms. The molecule has 1 aliphatic heterocycles. The van der Waals surface area contributed by atoms with E-state index in [-0.39, 0.29) is 23.8 Å². The Balaban J connectivity index is 1.84. The lowest BCUT2D eigenvalue weighted by Gasteiger charge is -2.30. The van der Waals surface area contributed by atoms with Crippen molar-refractivity contribution in [3.05, 3.63) is 35.9 Å². The molecule has 5 nitrogen and oxygen atoms in total. The van der Waals surface area contributed by atoms with Crippen molar-refractivity contribution >= 4 is 11.8 Å². The second-order valence-electron chi connectivity index (χ2n) is 6.27. The summed E-state index contributed by atoms with van der Waals surface area (Å²) in [5, 5.41) is 3.14. The monoisotopic (exact) mass is 317 g/mol. The molecule has 126 valence electrons. The van der Waals surface area contributed by atoms with Gasteiger partial charge in [-0.05, 0) is 37.9 Å². The van der Waals surface area contributed by atoms with E-state index in [0.29, 0.717) is 6.54 Å². The first-order chi connectivity index (χ1) is 11.1. The van der Waals surface area contributed by atoms with Gasteiger partial charge in [0.05, 0.1) is 12.6 Å². The molecule has 1 heterocycles. The number of benzene rings is 1. The van der Waals surface area contributed by atoms with Crippen LogP contribution in [0.25, 0.3) is 0 Å². The smallest absolute Gasteiger partial charge is 0.234 e. The predicted molar refractivity (Wildman–Crippen MR) is 90.6 cm³/mol. The molecular weight excluding hydrogens is 290 g/mol. The number of nitrogens with one attached hydrogen (secondary N) is 1. The van der Waals surface area contributed by atoms with Gasteiger partial charge in [0.1, 0.15) is 0 Å². The normalized spacial score (nSPS) is 17.6. The SMILES string of the molecule is CCC[C@H](NC(=O)CN1CCC(C(N)=O)CC1)c1ccccc1. The van der Waals surface area contributed by atoms with Gasteiger partial charge in [-0.1, -0.05) is 43.7 Å². The summed E-state index contributed by atoms with van der Waals surface area (Å²) in [7, 11) is 0. The zero-order valence-electron chi connectivity index (χ0n) is 13.8. The minimum atomic E-state index is -0.221. The van der Waals surface area contributed by atoms with Crippen LogP contribution in [0.15, 0.2) is 30.3 Å². The fourth-order valence-corrected chi connectivity index (χ4v) is 3.11. The Morgan fingerprint density at radius 1 is 1.26 bits per heavy atom. The molecule has 1 fully saturated rings. The van der Waals surface area contributed by atoms with Crippen LogP contribution >= 0.6 is 0 Å². The standard InChI is InChI=1S/C18H27N3O2/c1-2-6-16(14-7-4-3-5-8-14)20-17(22)13-21-11-9-15(10-12-21)18(19)23/h3-5,7-8,15-16H,2,6,9-13H2,1H3,(H2,19,23)(H,20,22)/t16-/m0/s1. The molecule has 1 aromatic rings. The zero-order valence-corrected chi connectivity index (χ0v) is 13.8. The molecule has 3 N–H and O–H groups in total. The first-order valence-electron chi connectivity index (χ1n) is 8.46. The Morgan fingerprint density at radius 3 is 2.48 bits per heavy atom. The van der Waals surface area contributed by atoms with Crippen LogP contribution in [0.1, 0.15) is 44.2 Å². The van der Waals surface area contributed by atoms with Crippen molar-refractivity contribution < 1.29 is 9.59 Å². The Bertz CT molecular complexity index is 510. The maximum absolute atomic E-state index is 12.3. The highest BCUT2D eigenvalue weighted by Gasteiger charge is 2.24. The number of nitrogens with zero attached hydrogens (tertiary/aromatic N) is 1. The molecule has 1 aliphatic rings. The fraction of sp³-hybridized carbons (Fsp3) is 0.556. The number of piperidine rings is 1. The highest BCUT2D eigenvalue weighted by atomic mass is 16.2. The molecule has 23 heavy (non-hydrogen) atoms. The number of likely N-dealkylation sites (tertiary alicyclic amines) is 1. The van der Waals surface area contributed by atoms with E-state index in [9.17, 15) is 9.59 Å². The minimum Gasteiger partial charge on any atom is -0.369 e. The van der Waals surface area contributed by atoms with E-state index in [1.54, 1.807) is 0 Å². The third-order valence-corrected chi connectivity index (χ3v) is 4.47. The summed E-state index contributed by atoms with van der Waals surface area (Å²) in [6.45, 7) is 4.02. The van der Waals surface area contributed by atoms with Gasteiger partial charge >= 0.3 is 0 Å². The van der Waals surface area contributed by atoms with Gasteiger partial charge in [0.2, 0.25) is 11.8 Å². The van der Waals surface area contributed by atoms with Crippen LogP contribution in [-0.2, 0) is 9.59 Å². The third kappa shape index (κ3) is 5.36. The average Bonchev–Trinajstić information content (AvgIpc) is 2.55. The lowest BCUT2D eigenvalue weighted by atomic mass is 9.96. The second-order valence-corrected chi connectivity index (χ2v) is 6.27. The van der Waals surface area contributed by atoms with E-state index in [1.807, 2.05) is 18.2 Å². The van der Waals surface area contributed by atoms with Gasteiger partial charge in [0.15, 0.2) is 0 Å². The largest absolute Gasteiger partial charge is 0.369 e. The fourth-order valence-electron chi connectivity index (χ4n) is 3.11. The summed E-state index contributed by atoms with van der Waals surface area (Å²) in [6.07, 6.45) is 3.45. The van der Waals surface area contributed by atoms with Crippen LogP contribution in [-0.4, -0.2) is 36.3 Å². The minimum absolute atomic E-state index is 0.0357. The van der Waals surface area contributed by atoms with Crippen molar-refractivity contribution in [1.29, 1.82) is 0 Å². The molecule has 2 rings (SSSR count). The molecule has 2 amide bonds. The van der Waals surface area contributed by atoms with E-state index in [1.165, 1.54) is 0 Å². The first-order valence-corrected chi connectivity index (χ1v) is 8.46. The number of hydrogen-bond acceptors (Lipinski definition) is 3. The van der Waals surface area contributed by atoms with Gasteiger partial charge in [0.25, 0.3) is 0 Å². The van der Waals surface area contributed by atoms with Gasteiger partial charge in [-0.2, -0.15) is 0 Å². The molecule has 0 unspecified atom stereocenters. The lowest BCUT2D eigenvalue weighted by molar-refractivity contribution is -0.124. The highest BCUT2D eigenvalue weighted by molar-refractivity contribution is 5.79. The van der Waals surface area contributed by atoms with Crippen molar-refractivity contribution in [3.63, 3.8) is 0 Å². The Morgan fingerprint density at radius 2 is 1.91 bits per heavy atom. The summed E-state index contributed by atoms with van der Waals surface area (Å²) in [6, 6.07) is 10.2. The maximum atomic E-state index is 12.3. The number of nitrogens with two attached hydrogens (primary N) is 1. The number of rotatable bonds is 7. The summed E-state index contributed by atoms with van der Waals surface area (Å²) >= 11 is 0. The van der Waals surface area contributed by atoms with E-state index in [4.69, 9.17) is 5.73 Å². The topological polar surface area (TPSA) is 75.4 Å². The van der Waals surface area contributed by atoms with Gasteiger partial charge in [0, 0.05) is 5.92 Å². The van der Waals surface area contributed by atoms with E-state index in [2.05, 4.69) is 29.3 Å². The molecule has 0 aliphatic carbocycles. The summed E-state index contributed by atoms with van der Waals surface area (Å²) in [5.41, 5.74) is 6.49. The lowest BCUT2D eigenvalue weighted by Crippen LogP contribution is -2.44. The van der Waals surface area contributed by atoms with Crippen molar-refractivity contribution in [3.8, 4) is 0 Å².